The lowest BCUT2D eigenvalue weighted by atomic mass is 10.1. The Morgan fingerprint density at radius 2 is 1.71 bits per heavy atom. The highest BCUT2D eigenvalue weighted by atomic mass is 32.1. The van der Waals surface area contributed by atoms with Crippen LogP contribution in [0.4, 0.5) is 21.0 Å². The molecule has 35 heavy (non-hydrogen) atoms. The molecule has 0 radical (unpaired) electrons. The summed E-state index contributed by atoms with van der Waals surface area (Å²) in [5, 5.41) is 14.6. The molecule has 1 unspecified atom stereocenters. The molecule has 0 aliphatic carbocycles. The summed E-state index contributed by atoms with van der Waals surface area (Å²) in [6, 6.07) is 2.89. The molecule has 2 rings (SSSR count). The van der Waals surface area contributed by atoms with Gasteiger partial charge in [-0.25, -0.2) is 9.59 Å². The third-order valence-corrected chi connectivity index (χ3v) is 5.30. The largest absolute Gasteiger partial charge is 0.444 e. The van der Waals surface area contributed by atoms with Crippen molar-refractivity contribution in [2.24, 2.45) is 0 Å². The molecule has 11 heteroatoms. The molecule has 0 aromatic carbocycles. The van der Waals surface area contributed by atoms with Crippen LogP contribution in [0.15, 0.2) is 29.1 Å². The number of rotatable bonds is 9. The number of urea groups is 1. The Balaban J connectivity index is 2.08. The molecule has 0 saturated heterocycles. The molecule has 1 atom stereocenters. The van der Waals surface area contributed by atoms with Crippen LogP contribution >= 0.6 is 11.3 Å². The molecule has 2 heterocycles. The Morgan fingerprint density at radius 3 is 2.26 bits per heavy atom. The monoisotopic (exact) mass is 504 g/mol. The fourth-order valence-corrected chi connectivity index (χ4v) is 3.72. The second-order valence-electron chi connectivity index (χ2n) is 9.67. The van der Waals surface area contributed by atoms with Crippen LogP contribution in [0, 0.1) is 0 Å². The summed E-state index contributed by atoms with van der Waals surface area (Å²) in [5.41, 5.74) is 1.27. The van der Waals surface area contributed by atoms with E-state index in [0.717, 1.165) is 12.1 Å². The summed E-state index contributed by atoms with van der Waals surface area (Å²) in [4.78, 5) is 43.5. The van der Waals surface area contributed by atoms with E-state index < -0.39 is 17.6 Å². The van der Waals surface area contributed by atoms with Crippen molar-refractivity contribution >= 4 is 40.7 Å². The smallest absolute Gasteiger partial charge is 0.412 e. The zero-order chi connectivity index (χ0) is 26.2. The molecule has 0 fully saturated rings. The van der Waals surface area contributed by atoms with Crippen molar-refractivity contribution in [3.8, 4) is 0 Å². The minimum absolute atomic E-state index is 0.0144. The number of hydrogen-bond donors (Lipinski definition) is 4. The summed E-state index contributed by atoms with van der Waals surface area (Å²) in [5.74, 6) is -0.419. The molecule has 4 amide bonds. The first-order valence-electron chi connectivity index (χ1n) is 11.4. The van der Waals surface area contributed by atoms with Crippen molar-refractivity contribution in [3.05, 3.63) is 40.3 Å². The van der Waals surface area contributed by atoms with Crippen molar-refractivity contribution in [1.29, 1.82) is 0 Å². The number of carbonyl (C=O) groups excluding carboxylic acids is 3. The predicted octanol–water partition coefficient (Wildman–Crippen LogP) is 4.44. The lowest BCUT2D eigenvalue weighted by Crippen LogP contribution is -2.42. The average Bonchev–Trinajstić information content (AvgIpc) is 3.15. The van der Waals surface area contributed by atoms with Crippen LogP contribution in [0.2, 0.25) is 0 Å². The van der Waals surface area contributed by atoms with Gasteiger partial charge in [-0.1, -0.05) is 6.07 Å². The summed E-state index contributed by atoms with van der Waals surface area (Å²) in [6.45, 7) is 9.87. The molecule has 2 aromatic rings. The van der Waals surface area contributed by atoms with E-state index in [1.54, 1.807) is 49.9 Å². The number of nitrogens with one attached hydrogen (secondary N) is 4. The summed E-state index contributed by atoms with van der Waals surface area (Å²) in [7, 11) is 3.93. The number of thiophene rings is 1. The van der Waals surface area contributed by atoms with E-state index in [1.807, 2.05) is 32.8 Å². The van der Waals surface area contributed by atoms with E-state index in [9.17, 15) is 14.4 Å². The fourth-order valence-electron chi connectivity index (χ4n) is 3.01. The maximum absolute atomic E-state index is 12.8. The molecule has 10 nitrogen and oxygen atoms in total. The molecule has 0 aliphatic heterocycles. The van der Waals surface area contributed by atoms with E-state index in [4.69, 9.17) is 4.74 Å². The van der Waals surface area contributed by atoms with Crippen LogP contribution in [0.1, 0.15) is 63.1 Å². The molecule has 0 bridgehead atoms. The highest BCUT2D eigenvalue weighted by Gasteiger charge is 2.20. The standard InChI is InChI=1S/C24H36N6O4S/c1-15(2)26-22(32)28-17(10-11-30(6)7)16-8-9-18(25-12-16)21(31)27-19-13-35-14-20(19)29-23(33)34-24(3,4)5/h8-9,12-15,17H,10-11H2,1-7H3,(H,27,31)(H,29,33)(H2,26,28,32). The molecule has 4 N–H and O–H groups in total. The Kier molecular flexibility index (Phi) is 10.0. The summed E-state index contributed by atoms with van der Waals surface area (Å²) < 4.78 is 5.27. The highest BCUT2D eigenvalue weighted by Crippen LogP contribution is 2.27. The van der Waals surface area contributed by atoms with Crippen molar-refractivity contribution in [3.63, 3.8) is 0 Å². The van der Waals surface area contributed by atoms with E-state index in [2.05, 4.69) is 26.3 Å². The van der Waals surface area contributed by atoms with Gasteiger partial charge in [0.15, 0.2) is 0 Å². The number of anilines is 2. The van der Waals surface area contributed by atoms with Crippen molar-refractivity contribution in [2.75, 3.05) is 31.3 Å². The van der Waals surface area contributed by atoms with Crippen molar-refractivity contribution in [2.45, 2.75) is 58.7 Å². The third kappa shape index (κ3) is 9.91. The van der Waals surface area contributed by atoms with Crippen LogP contribution in [0.5, 0.6) is 0 Å². The third-order valence-electron chi connectivity index (χ3n) is 4.56. The van der Waals surface area contributed by atoms with E-state index >= 15 is 0 Å². The minimum Gasteiger partial charge on any atom is -0.444 e. The van der Waals surface area contributed by atoms with Gasteiger partial charge in [-0.15, -0.1) is 11.3 Å². The zero-order valence-corrected chi connectivity index (χ0v) is 22.2. The normalized spacial score (nSPS) is 12.3. The molecular formula is C24H36N6O4S. The Bertz CT molecular complexity index is 998. The molecular weight excluding hydrogens is 468 g/mol. The number of amides is 4. The molecule has 0 spiro atoms. The van der Waals surface area contributed by atoms with Gasteiger partial charge in [-0.3, -0.25) is 15.1 Å². The van der Waals surface area contributed by atoms with Gasteiger partial charge in [-0.2, -0.15) is 0 Å². The SMILES string of the molecule is CC(C)NC(=O)NC(CCN(C)C)c1ccc(C(=O)Nc2cscc2NC(=O)OC(C)(C)C)nc1. The molecule has 0 saturated carbocycles. The molecule has 0 aliphatic rings. The number of nitrogens with zero attached hydrogens (tertiary/aromatic N) is 2. The lowest BCUT2D eigenvalue weighted by Gasteiger charge is -2.22. The lowest BCUT2D eigenvalue weighted by molar-refractivity contribution is 0.0635. The van der Waals surface area contributed by atoms with Gasteiger partial charge in [0, 0.05) is 23.0 Å². The first kappa shape index (κ1) is 28.1. The first-order valence-corrected chi connectivity index (χ1v) is 12.3. The second kappa shape index (κ2) is 12.5. The number of hydrogen-bond acceptors (Lipinski definition) is 7. The van der Waals surface area contributed by atoms with Gasteiger partial charge in [0.05, 0.1) is 17.4 Å². The first-order chi connectivity index (χ1) is 16.3. The fraction of sp³-hybridized carbons (Fsp3) is 0.500. The molecule has 2 aromatic heterocycles. The van der Waals surface area contributed by atoms with Gasteiger partial charge in [0.1, 0.15) is 11.3 Å². The number of carbonyl (C=O) groups is 3. The summed E-state index contributed by atoms with van der Waals surface area (Å²) in [6.07, 6.45) is 1.67. The average molecular weight is 505 g/mol. The minimum atomic E-state index is -0.635. The van der Waals surface area contributed by atoms with Crippen LogP contribution in [0.25, 0.3) is 0 Å². The summed E-state index contributed by atoms with van der Waals surface area (Å²) >= 11 is 1.33. The van der Waals surface area contributed by atoms with Gasteiger partial charge < -0.3 is 25.6 Å². The zero-order valence-electron chi connectivity index (χ0n) is 21.4. The Morgan fingerprint density at radius 1 is 1.06 bits per heavy atom. The van der Waals surface area contributed by atoms with E-state index in [1.165, 1.54) is 11.3 Å². The van der Waals surface area contributed by atoms with Crippen molar-refractivity contribution < 1.29 is 19.1 Å². The Labute approximate surface area is 210 Å². The van der Waals surface area contributed by atoms with Crippen LogP contribution in [0.3, 0.4) is 0 Å². The number of aromatic nitrogens is 1. The van der Waals surface area contributed by atoms with Crippen LogP contribution < -0.4 is 21.3 Å². The van der Waals surface area contributed by atoms with Crippen LogP contribution in [-0.2, 0) is 4.74 Å². The topological polar surface area (TPSA) is 125 Å². The van der Waals surface area contributed by atoms with E-state index in [0.29, 0.717) is 17.8 Å². The van der Waals surface area contributed by atoms with Gasteiger partial charge >= 0.3 is 12.1 Å². The maximum atomic E-state index is 12.8. The van der Waals surface area contributed by atoms with Crippen LogP contribution in [-0.4, -0.2) is 60.2 Å². The van der Waals surface area contributed by atoms with Gasteiger partial charge in [0.25, 0.3) is 5.91 Å². The highest BCUT2D eigenvalue weighted by molar-refractivity contribution is 7.09. The quantitative estimate of drug-likeness (QED) is 0.400. The Hall–Kier alpha value is -3.18. The van der Waals surface area contributed by atoms with Gasteiger partial charge in [-0.05, 0) is 73.3 Å². The predicted molar refractivity (Wildman–Crippen MR) is 139 cm³/mol. The van der Waals surface area contributed by atoms with Crippen molar-refractivity contribution in [1.82, 2.24) is 20.5 Å². The maximum Gasteiger partial charge on any atom is 0.412 e. The number of pyridine rings is 1. The number of ether oxygens (including phenoxy) is 1. The van der Waals surface area contributed by atoms with Gasteiger partial charge in [0.2, 0.25) is 0 Å². The van der Waals surface area contributed by atoms with E-state index in [-0.39, 0.29) is 23.8 Å². The molecule has 192 valence electrons. The second-order valence-corrected chi connectivity index (χ2v) is 10.4.